The molecule has 1 aromatic rings. The van der Waals surface area contributed by atoms with Gasteiger partial charge in [0.25, 0.3) is 0 Å². The first-order chi connectivity index (χ1) is 6.25. The van der Waals surface area contributed by atoms with Crippen molar-refractivity contribution in [3.05, 3.63) is 22.4 Å². The molecule has 1 unspecified atom stereocenters. The molecule has 0 spiro atoms. The predicted molar refractivity (Wildman–Crippen MR) is 56.4 cm³/mol. The van der Waals surface area contributed by atoms with E-state index in [9.17, 15) is 4.79 Å². The topological polar surface area (TPSA) is 29.1 Å². The van der Waals surface area contributed by atoms with Gasteiger partial charge in [-0.2, -0.15) is 0 Å². The van der Waals surface area contributed by atoms with Crippen molar-refractivity contribution < 1.29 is 4.79 Å². The number of carbonyl (C=O) groups excluding carboxylic acids is 1. The number of nitrogens with one attached hydrogen (secondary N) is 1. The molecule has 1 aromatic heterocycles. The smallest absolute Gasteiger partial charge is 0.176 e. The standard InChI is InChI=1S/C10H15NOS/c1-3-11-7-8(2)10(12)9-5-4-6-13-9/h4-6,8,11H,3,7H2,1-2H3. The number of hydrogen-bond acceptors (Lipinski definition) is 3. The Morgan fingerprint density at radius 1 is 1.69 bits per heavy atom. The van der Waals surface area contributed by atoms with E-state index >= 15 is 0 Å². The molecular formula is C10H15NOS. The number of ketones is 1. The Hall–Kier alpha value is -0.670. The van der Waals surface area contributed by atoms with Crippen molar-refractivity contribution in [3.8, 4) is 0 Å². The molecule has 0 bridgehead atoms. The molecule has 0 aliphatic rings. The van der Waals surface area contributed by atoms with Gasteiger partial charge in [-0.05, 0) is 18.0 Å². The van der Waals surface area contributed by atoms with Crippen LogP contribution in [0.1, 0.15) is 23.5 Å². The third-order valence-electron chi connectivity index (χ3n) is 1.91. The number of carbonyl (C=O) groups is 1. The van der Waals surface area contributed by atoms with Gasteiger partial charge in [0.15, 0.2) is 5.78 Å². The Balaban J connectivity index is 2.48. The Kier molecular flexibility index (Phi) is 4.12. The van der Waals surface area contributed by atoms with Gasteiger partial charge in [0.2, 0.25) is 0 Å². The number of Topliss-reactive ketones (excluding diaryl/α,β-unsaturated/α-hetero) is 1. The molecule has 13 heavy (non-hydrogen) atoms. The molecule has 0 radical (unpaired) electrons. The van der Waals surface area contributed by atoms with Crippen LogP contribution in [0.3, 0.4) is 0 Å². The van der Waals surface area contributed by atoms with E-state index < -0.39 is 0 Å². The molecule has 0 saturated carbocycles. The molecule has 72 valence electrons. The van der Waals surface area contributed by atoms with Gasteiger partial charge in [-0.1, -0.05) is 19.9 Å². The van der Waals surface area contributed by atoms with E-state index in [-0.39, 0.29) is 11.7 Å². The molecule has 0 aromatic carbocycles. The van der Waals surface area contributed by atoms with E-state index in [2.05, 4.69) is 5.32 Å². The Bertz CT molecular complexity index is 256. The lowest BCUT2D eigenvalue weighted by Crippen LogP contribution is -2.25. The third kappa shape index (κ3) is 2.94. The summed E-state index contributed by atoms with van der Waals surface area (Å²) < 4.78 is 0. The van der Waals surface area contributed by atoms with Crippen LogP contribution < -0.4 is 5.32 Å². The molecule has 0 saturated heterocycles. The quantitative estimate of drug-likeness (QED) is 0.733. The highest BCUT2D eigenvalue weighted by Gasteiger charge is 2.14. The van der Waals surface area contributed by atoms with E-state index in [0.29, 0.717) is 0 Å². The van der Waals surface area contributed by atoms with Crippen LogP contribution in [0.25, 0.3) is 0 Å². The van der Waals surface area contributed by atoms with E-state index in [1.165, 1.54) is 11.3 Å². The molecule has 0 fully saturated rings. The largest absolute Gasteiger partial charge is 0.316 e. The second kappa shape index (κ2) is 5.14. The van der Waals surface area contributed by atoms with Gasteiger partial charge >= 0.3 is 0 Å². The van der Waals surface area contributed by atoms with Crippen LogP contribution in [0.15, 0.2) is 17.5 Å². The van der Waals surface area contributed by atoms with Gasteiger partial charge in [0.1, 0.15) is 0 Å². The van der Waals surface area contributed by atoms with E-state index in [1.807, 2.05) is 31.4 Å². The van der Waals surface area contributed by atoms with Crippen LogP contribution in [0.2, 0.25) is 0 Å². The highest BCUT2D eigenvalue weighted by Crippen LogP contribution is 2.13. The summed E-state index contributed by atoms with van der Waals surface area (Å²) in [5.41, 5.74) is 0. The van der Waals surface area contributed by atoms with Gasteiger partial charge in [-0.3, -0.25) is 4.79 Å². The van der Waals surface area contributed by atoms with Gasteiger partial charge < -0.3 is 5.32 Å². The summed E-state index contributed by atoms with van der Waals surface area (Å²) in [7, 11) is 0. The maximum atomic E-state index is 11.7. The van der Waals surface area contributed by atoms with Crippen LogP contribution in [-0.2, 0) is 0 Å². The van der Waals surface area contributed by atoms with Gasteiger partial charge in [0, 0.05) is 12.5 Å². The molecule has 1 heterocycles. The fraction of sp³-hybridized carbons (Fsp3) is 0.500. The number of thiophene rings is 1. The molecule has 2 nitrogen and oxygen atoms in total. The zero-order valence-corrected chi connectivity index (χ0v) is 8.86. The summed E-state index contributed by atoms with van der Waals surface area (Å²) >= 11 is 1.52. The Morgan fingerprint density at radius 2 is 2.46 bits per heavy atom. The SMILES string of the molecule is CCNCC(C)C(=O)c1cccs1. The van der Waals surface area contributed by atoms with Crippen molar-refractivity contribution in [2.45, 2.75) is 13.8 Å². The molecule has 1 atom stereocenters. The van der Waals surface area contributed by atoms with Crippen LogP contribution in [0, 0.1) is 5.92 Å². The van der Waals surface area contributed by atoms with Crippen molar-refractivity contribution in [2.24, 2.45) is 5.92 Å². The first-order valence-electron chi connectivity index (χ1n) is 4.54. The van der Waals surface area contributed by atoms with E-state index in [0.717, 1.165) is 18.0 Å². The second-order valence-electron chi connectivity index (χ2n) is 3.05. The third-order valence-corrected chi connectivity index (χ3v) is 2.80. The molecule has 3 heteroatoms. The van der Waals surface area contributed by atoms with Gasteiger partial charge in [-0.25, -0.2) is 0 Å². The zero-order chi connectivity index (χ0) is 9.68. The van der Waals surface area contributed by atoms with Crippen molar-refractivity contribution >= 4 is 17.1 Å². The maximum Gasteiger partial charge on any atom is 0.176 e. The zero-order valence-electron chi connectivity index (χ0n) is 8.04. The minimum absolute atomic E-state index is 0.0820. The summed E-state index contributed by atoms with van der Waals surface area (Å²) in [6.45, 7) is 5.70. The first-order valence-corrected chi connectivity index (χ1v) is 5.42. The molecule has 1 N–H and O–H groups in total. The molecule has 0 amide bonds. The lowest BCUT2D eigenvalue weighted by Gasteiger charge is -2.08. The molecular weight excluding hydrogens is 182 g/mol. The van der Waals surface area contributed by atoms with Crippen LogP contribution in [-0.4, -0.2) is 18.9 Å². The average molecular weight is 197 g/mol. The number of rotatable bonds is 5. The summed E-state index contributed by atoms with van der Waals surface area (Å²) in [6.07, 6.45) is 0. The minimum Gasteiger partial charge on any atom is -0.316 e. The van der Waals surface area contributed by atoms with E-state index in [1.54, 1.807) is 0 Å². The number of hydrogen-bond donors (Lipinski definition) is 1. The van der Waals surface area contributed by atoms with Crippen molar-refractivity contribution in [1.82, 2.24) is 5.32 Å². The van der Waals surface area contributed by atoms with Crippen LogP contribution >= 0.6 is 11.3 Å². The Morgan fingerprint density at radius 3 is 3.00 bits per heavy atom. The summed E-state index contributed by atoms with van der Waals surface area (Å²) in [6, 6.07) is 3.80. The fourth-order valence-corrected chi connectivity index (χ4v) is 1.89. The summed E-state index contributed by atoms with van der Waals surface area (Å²) in [4.78, 5) is 12.5. The Labute approximate surface area is 83.0 Å². The van der Waals surface area contributed by atoms with Gasteiger partial charge in [0.05, 0.1) is 4.88 Å². The lowest BCUT2D eigenvalue weighted by molar-refractivity contribution is 0.0933. The van der Waals surface area contributed by atoms with Crippen molar-refractivity contribution in [3.63, 3.8) is 0 Å². The monoisotopic (exact) mass is 197 g/mol. The highest BCUT2D eigenvalue weighted by atomic mass is 32.1. The maximum absolute atomic E-state index is 11.7. The fourth-order valence-electron chi connectivity index (χ4n) is 1.12. The lowest BCUT2D eigenvalue weighted by atomic mass is 10.1. The summed E-state index contributed by atoms with van der Waals surface area (Å²) in [5, 5.41) is 5.11. The average Bonchev–Trinajstić information content (AvgIpc) is 2.65. The van der Waals surface area contributed by atoms with Crippen molar-refractivity contribution in [2.75, 3.05) is 13.1 Å². The van der Waals surface area contributed by atoms with Gasteiger partial charge in [-0.15, -0.1) is 11.3 Å². The minimum atomic E-state index is 0.0820. The van der Waals surface area contributed by atoms with Crippen LogP contribution in [0.4, 0.5) is 0 Å². The van der Waals surface area contributed by atoms with Crippen LogP contribution in [0.5, 0.6) is 0 Å². The van der Waals surface area contributed by atoms with E-state index in [4.69, 9.17) is 0 Å². The second-order valence-corrected chi connectivity index (χ2v) is 4.00. The molecule has 0 aliphatic heterocycles. The highest BCUT2D eigenvalue weighted by molar-refractivity contribution is 7.12. The predicted octanol–water partition coefficient (Wildman–Crippen LogP) is 2.18. The summed E-state index contributed by atoms with van der Waals surface area (Å²) in [5.74, 6) is 0.328. The van der Waals surface area contributed by atoms with Crippen molar-refractivity contribution in [1.29, 1.82) is 0 Å². The molecule has 0 aliphatic carbocycles. The molecule has 1 rings (SSSR count). The first kappa shape index (κ1) is 10.4. The normalized spacial score (nSPS) is 12.8.